The quantitative estimate of drug-likeness (QED) is 0.726. The average molecular weight is 393 g/mol. The van der Waals surface area contributed by atoms with E-state index in [9.17, 15) is 13.2 Å². The van der Waals surface area contributed by atoms with Gasteiger partial charge in [-0.25, -0.2) is 8.42 Å². The number of carbonyl (C=O) groups is 1. The van der Waals surface area contributed by atoms with E-state index < -0.39 is 16.1 Å². The van der Waals surface area contributed by atoms with Crippen molar-refractivity contribution >= 4 is 39.1 Å². The van der Waals surface area contributed by atoms with Gasteiger partial charge in [0.25, 0.3) is 0 Å². The molecule has 0 heterocycles. The Hall–Kier alpha value is -1.99. The molecule has 0 unspecified atom stereocenters. The Kier molecular flexibility index (Phi) is 6.72. The molecule has 0 saturated carbocycles. The van der Waals surface area contributed by atoms with Crippen molar-refractivity contribution in [3.8, 4) is 0 Å². The van der Waals surface area contributed by atoms with Crippen LogP contribution in [0, 0.1) is 6.92 Å². The zero-order valence-electron chi connectivity index (χ0n) is 15.4. The van der Waals surface area contributed by atoms with Crippen LogP contribution in [0.15, 0.2) is 53.4 Å². The monoisotopic (exact) mass is 392 g/mol. The zero-order chi connectivity index (χ0) is 19.3. The predicted molar refractivity (Wildman–Crippen MR) is 109 cm³/mol. The SMILES string of the molecule is CCSc1ccccc1NC(=O)[C@@H](C)N(c1ccc(C)cc1)S(C)(=O)=O. The van der Waals surface area contributed by atoms with E-state index in [1.165, 1.54) is 0 Å². The van der Waals surface area contributed by atoms with Gasteiger partial charge in [-0.2, -0.15) is 0 Å². The summed E-state index contributed by atoms with van der Waals surface area (Å²) in [5, 5.41) is 2.86. The number of para-hydroxylation sites is 1. The highest BCUT2D eigenvalue weighted by Crippen LogP contribution is 2.28. The summed E-state index contributed by atoms with van der Waals surface area (Å²) in [4.78, 5) is 13.7. The number of thioether (sulfide) groups is 1. The number of sulfonamides is 1. The highest BCUT2D eigenvalue weighted by Gasteiger charge is 2.29. The molecule has 1 atom stereocenters. The summed E-state index contributed by atoms with van der Waals surface area (Å²) < 4.78 is 25.8. The van der Waals surface area contributed by atoms with Gasteiger partial charge in [-0.05, 0) is 43.9 Å². The number of nitrogens with zero attached hydrogens (tertiary/aromatic N) is 1. The van der Waals surface area contributed by atoms with Gasteiger partial charge in [-0.1, -0.05) is 36.8 Å². The molecule has 2 rings (SSSR count). The lowest BCUT2D eigenvalue weighted by atomic mass is 10.2. The second kappa shape index (κ2) is 8.60. The first-order valence-electron chi connectivity index (χ1n) is 8.32. The number of aryl methyl sites for hydroxylation is 1. The van der Waals surface area contributed by atoms with E-state index in [0.29, 0.717) is 11.4 Å². The van der Waals surface area contributed by atoms with Gasteiger partial charge in [0.05, 0.1) is 17.6 Å². The maximum atomic E-state index is 12.8. The highest BCUT2D eigenvalue weighted by atomic mass is 32.2. The van der Waals surface area contributed by atoms with Crippen LogP contribution in [0.25, 0.3) is 0 Å². The second-order valence-electron chi connectivity index (χ2n) is 5.99. The van der Waals surface area contributed by atoms with Crippen LogP contribution in [0.3, 0.4) is 0 Å². The molecule has 140 valence electrons. The minimum absolute atomic E-state index is 0.375. The Balaban J connectivity index is 2.30. The lowest BCUT2D eigenvalue weighted by molar-refractivity contribution is -0.116. The molecule has 1 N–H and O–H groups in total. The minimum Gasteiger partial charge on any atom is -0.323 e. The molecule has 0 spiro atoms. The van der Waals surface area contributed by atoms with Crippen molar-refractivity contribution in [2.24, 2.45) is 0 Å². The number of carbonyl (C=O) groups excluding carboxylic acids is 1. The van der Waals surface area contributed by atoms with Crippen LogP contribution in [-0.4, -0.2) is 32.4 Å². The van der Waals surface area contributed by atoms with E-state index in [2.05, 4.69) is 5.32 Å². The molecule has 0 saturated heterocycles. The number of benzene rings is 2. The summed E-state index contributed by atoms with van der Waals surface area (Å²) in [5.74, 6) is 0.501. The van der Waals surface area contributed by atoms with Crippen LogP contribution in [0.1, 0.15) is 19.4 Å². The molecule has 0 aliphatic carbocycles. The Labute approximate surface area is 159 Å². The fourth-order valence-corrected chi connectivity index (χ4v) is 4.52. The molecule has 0 fully saturated rings. The van der Waals surface area contributed by atoms with Gasteiger partial charge in [0, 0.05) is 4.90 Å². The Morgan fingerprint density at radius 2 is 1.77 bits per heavy atom. The first kappa shape index (κ1) is 20.3. The molecule has 5 nitrogen and oxygen atoms in total. The number of anilines is 2. The normalized spacial score (nSPS) is 12.5. The largest absolute Gasteiger partial charge is 0.323 e. The molecule has 26 heavy (non-hydrogen) atoms. The van der Waals surface area contributed by atoms with Crippen molar-refractivity contribution in [2.75, 3.05) is 21.6 Å². The summed E-state index contributed by atoms with van der Waals surface area (Å²) in [7, 11) is -3.62. The third kappa shape index (κ3) is 5.02. The summed E-state index contributed by atoms with van der Waals surface area (Å²) in [6.07, 6.45) is 1.11. The molecule has 0 aliphatic rings. The number of amides is 1. The number of nitrogens with one attached hydrogen (secondary N) is 1. The van der Waals surface area contributed by atoms with Crippen molar-refractivity contribution in [3.63, 3.8) is 0 Å². The third-order valence-electron chi connectivity index (χ3n) is 3.82. The molecule has 0 radical (unpaired) electrons. The molecule has 2 aromatic rings. The predicted octanol–water partition coefficient (Wildman–Crippen LogP) is 3.90. The van der Waals surface area contributed by atoms with Crippen LogP contribution >= 0.6 is 11.8 Å². The lowest BCUT2D eigenvalue weighted by Crippen LogP contribution is -2.45. The van der Waals surface area contributed by atoms with Crippen molar-refractivity contribution in [3.05, 3.63) is 54.1 Å². The fourth-order valence-electron chi connectivity index (χ4n) is 2.59. The van der Waals surface area contributed by atoms with Gasteiger partial charge >= 0.3 is 0 Å². The van der Waals surface area contributed by atoms with Crippen molar-refractivity contribution in [1.29, 1.82) is 0 Å². The van der Waals surface area contributed by atoms with Crippen molar-refractivity contribution in [2.45, 2.75) is 31.7 Å². The number of hydrogen-bond acceptors (Lipinski definition) is 4. The van der Waals surface area contributed by atoms with Gasteiger partial charge < -0.3 is 5.32 Å². The fraction of sp³-hybridized carbons (Fsp3) is 0.316. The van der Waals surface area contributed by atoms with Crippen LogP contribution in [-0.2, 0) is 14.8 Å². The van der Waals surface area contributed by atoms with Gasteiger partial charge in [-0.15, -0.1) is 11.8 Å². The van der Waals surface area contributed by atoms with Crippen LogP contribution in [0.5, 0.6) is 0 Å². The first-order valence-corrected chi connectivity index (χ1v) is 11.2. The summed E-state index contributed by atoms with van der Waals surface area (Å²) >= 11 is 1.62. The molecule has 1 amide bonds. The summed E-state index contributed by atoms with van der Waals surface area (Å²) in [5.41, 5.74) is 2.18. The van der Waals surface area contributed by atoms with Crippen molar-refractivity contribution < 1.29 is 13.2 Å². The van der Waals surface area contributed by atoms with Gasteiger partial charge in [0.15, 0.2) is 0 Å². The van der Waals surface area contributed by atoms with Gasteiger partial charge in [0.2, 0.25) is 15.9 Å². The third-order valence-corrected chi connectivity index (χ3v) is 6.02. The average Bonchev–Trinajstić information content (AvgIpc) is 2.57. The van der Waals surface area contributed by atoms with Crippen LogP contribution in [0.2, 0.25) is 0 Å². The maximum Gasteiger partial charge on any atom is 0.248 e. The van der Waals surface area contributed by atoms with Crippen molar-refractivity contribution in [1.82, 2.24) is 0 Å². The Morgan fingerprint density at radius 1 is 1.15 bits per heavy atom. The number of hydrogen-bond donors (Lipinski definition) is 1. The Morgan fingerprint density at radius 3 is 2.35 bits per heavy atom. The van der Waals surface area contributed by atoms with E-state index in [0.717, 1.165) is 26.8 Å². The molecule has 7 heteroatoms. The van der Waals surface area contributed by atoms with Gasteiger partial charge in [0.1, 0.15) is 6.04 Å². The molecular formula is C19H24N2O3S2. The Bertz CT molecular complexity index is 865. The van der Waals surface area contributed by atoms with Crippen LogP contribution in [0.4, 0.5) is 11.4 Å². The maximum absolute atomic E-state index is 12.8. The molecule has 0 bridgehead atoms. The van der Waals surface area contributed by atoms with Gasteiger partial charge in [-0.3, -0.25) is 9.10 Å². The topological polar surface area (TPSA) is 66.5 Å². The van der Waals surface area contributed by atoms with E-state index in [-0.39, 0.29) is 5.91 Å². The zero-order valence-corrected chi connectivity index (χ0v) is 17.0. The molecular weight excluding hydrogens is 368 g/mol. The van der Waals surface area contributed by atoms with E-state index in [1.54, 1.807) is 30.8 Å². The van der Waals surface area contributed by atoms with E-state index in [1.807, 2.05) is 50.2 Å². The minimum atomic E-state index is -3.62. The summed E-state index contributed by atoms with van der Waals surface area (Å²) in [6, 6.07) is 13.7. The first-order chi connectivity index (χ1) is 12.2. The lowest BCUT2D eigenvalue weighted by Gasteiger charge is -2.28. The highest BCUT2D eigenvalue weighted by molar-refractivity contribution is 7.99. The number of rotatable bonds is 7. The van der Waals surface area contributed by atoms with Crippen LogP contribution < -0.4 is 9.62 Å². The second-order valence-corrected chi connectivity index (χ2v) is 9.15. The molecule has 0 aromatic heterocycles. The van der Waals surface area contributed by atoms with E-state index in [4.69, 9.17) is 0 Å². The molecule has 2 aromatic carbocycles. The standard InChI is InChI=1S/C19H24N2O3S2/c1-5-25-18-9-7-6-8-17(18)20-19(22)15(3)21(26(4,23)24)16-12-10-14(2)11-13-16/h6-13,15H,5H2,1-4H3,(H,20,22)/t15-/m1/s1. The van der Waals surface area contributed by atoms with E-state index >= 15 is 0 Å². The smallest absolute Gasteiger partial charge is 0.248 e. The summed E-state index contributed by atoms with van der Waals surface area (Å²) in [6.45, 7) is 5.55. The molecule has 0 aliphatic heterocycles.